The van der Waals surface area contributed by atoms with Crippen LogP contribution in [0.3, 0.4) is 0 Å². The van der Waals surface area contributed by atoms with Crippen LogP contribution in [0, 0.1) is 18.8 Å². The first kappa shape index (κ1) is 24.7. The lowest BCUT2D eigenvalue weighted by Crippen LogP contribution is -2.42. The summed E-state index contributed by atoms with van der Waals surface area (Å²) in [5.74, 6) is 1.14. The van der Waals surface area contributed by atoms with Crippen LogP contribution in [0.4, 0.5) is 5.69 Å². The maximum Gasteiger partial charge on any atom is 0.263 e. The number of amides is 1. The third-order valence-corrected chi connectivity index (χ3v) is 9.52. The van der Waals surface area contributed by atoms with Crippen molar-refractivity contribution in [3.63, 3.8) is 0 Å². The molecule has 12 heteroatoms. The molecule has 36 heavy (non-hydrogen) atoms. The van der Waals surface area contributed by atoms with Crippen molar-refractivity contribution in [1.29, 1.82) is 0 Å². The lowest BCUT2D eigenvalue weighted by molar-refractivity contribution is -0.116. The number of hydrogen-bond acceptors (Lipinski definition) is 8. The van der Waals surface area contributed by atoms with Crippen LogP contribution in [-0.4, -0.2) is 54.5 Å². The maximum absolute atomic E-state index is 13.7. The summed E-state index contributed by atoms with van der Waals surface area (Å²) in [6.07, 6.45) is 2.24. The molecule has 1 aromatic carbocycles. The average molecular weight is 533 g/mol. The third kappa shape index (κ3) is 4.60. The normalized spacial score (nSPS) is 20.4. The molecule has 1 saturated heterocycles. The van der Waals surface area contributed by atoms with E-state index in [0.29, 0.717) is 53.2 Å². The summed E-state index contributed by atoms with van der Waals surface area (Å²) in [6, 6.07) is 5.05. The van der Waals surface area contributed by atoms with Crippen molar-refractivity contribution in [3.05, 3.63) is 39.8 Å². The lowest BCUT2D eigenvalue weighted by Gasteiger charge is -2.34. The zero-order valence-corrected chi connectivity index (χ0v) is 21.9. The van der Waals surface area contributed by atoms with E-state index in [-0.39, 0.29) is 28.7 Å². The lowest BCUT2D eigenvalue weighted by atomic mass is 9.94. The molecule has 1 N–H and O–H groups in total. The summed E-state index contributed by atoms with van der Waals surface area (Å²) >= 11 is 1.17. The zero-order chi connectivity index (χ0) is 25.6. The largest absolute Gasteiger partial charge is 0.486 e. The summed E-state index contributed by atoms with van der Waals surface area (Å²) in [7, 11) is -3.90. The molecule has 1 amide bonds. The monoisotopic (exact) mass is 532 g/mol. The Bertz CT molecular complexity index is 1490. The third-order valence-electron chi connectivity index (χ3n) is 6.37. The number of benzene rings is 1. The molecule has 0 saturated carbocycles. The Morgan fingerprint density at radius 2 is 1.86 bits per heavy atom. The van der Waals surface area contributed by atoms with Crippen LogP contribution < -0.4 is 20.3 Å². The molecule has 0 aliphatic carbocycles. The van der Waals surface area contributed by atoms with Crippen molar-refractivity contribution in [2.75, 3.05) is 31.6 Å². The Morgan fingerprint density at radius 3 is 2.58 bits per heavy atom. The fourth-order valence-electron chi connectivity index (χ4n) is 4.94. The number of anilines is 1. The van der Waals surface area contributed by atoms with Crippen molar-refractivity contribution in [1.82, 2.24) is 13.9 Å². The van der Waals surface area contributed by atoms with Crippen LogP contribution >= 0.6 is 11.3 Å². The van der Waals surface area contributed by atoms with Crippen molar-refractivity contribution in [2.45, 2.75) is 38.6 Å². The number of sulfonamides is 1. The summed E-state index contributed by atoms with van der Waals surface area (Å²) in [4.78, 5) is 31.4. The summed E-state index contributed by atoms with van der Waals surface area (Å²) in [5, 5.41) is 2.78. The SMILES string of the molecule is Cc1sc2ncn(CC(=O)Nc3ccc4c(c3)OCCO4)c(=O)c2c1S(=O)(=O)N1C[C@H](C)C[C@@H](C)C1. The van der Waals surface area contributed by atoms with Crippen molar-refractivity contribution >= 4 is 43.2 Å². The molecular formula is C24H28N4O6S2. The van der Waals surface area contributed by atoms with Gasteiger partial charge in [-0.2, -0.15) is 4.31 Å². The second-order valence-corrected chi connectivity index (χ2v) is 12.6. The average Bonchev–Trinajstić information content (AvgIpc) is 3.17. The molecular weight excluding hydrogens is 504 g/mol. The number of piperidine rings is 1. The van der Waals surface area contributed by atoms with E-state index in [4.69, 9.17) is 9.47 Å². The molecule has 0 spiro atoms. The van der Waals surface area contributed by atoms with E-state index in [1.807, 2.05) is 13.8 Å². The number of nitrogens with one attached hydrogen (secondary N) is 1. The fourth-order valence-corrected chi connectivity index (χ4v) is 8.29. The first-order chi connectivity index (χ1) is 17.1. The number of nitrogens with zero attached hydrogens (tertiary/aromatic N) is 3. The number of carbonyl (C=O) groups excluding carboxylic acids is 1. The van der Waals surface area contributed by atoms with Gasteiger partial charge in [0.1, 0.15) is 29.5 Å². The number of carbonyl (C=O) groups is 1. The molecule has 0 radical (unpaired) electrons. The standard InChI is InChI=1S/C24H28N4O6S2/c1-14-8-15(2)11-28(10-14)36(31,32)22-16(3)35-23-21(22)24(30)27(13-25-23)12-20(29)26-17-4-5-18-19(9-17)34-7-6-33-18/h4-5,9,13-15H,6-8,10-12H2,1-3H3,(H,26,29)/t14-,15-/m1/s1. The number of fused-ring (bicyclic) bond motifs is 2. The van der Waals surface area contributed by atoms with Gasteiger partial charge in [0.15, 0.2) is 11.5 Å². The molecule has 0 bridgehead atoms. The molecule has 2 aromatic heterocycles. The second kappa shape index (κ2) is 9.49. The van der Waals surface area contributed by atoms with Gasteiger partial charge < -0.3 is 14.8 Å². The van der Waals surface area contributed by atoms with Crippen molar-refractivity contribution in [3.8, 4) is 11.5 Å². The van der Waals surface area contributed by atoms with Gasteiger partial charge in [0, 0.05) is 29.7 Å². The number of hydrogen-bond donors (Lipinski definition) is 1. The van der Waals surface area contributed by atoms with E-state index in [0.717, 1.165) is 11.0 Å². The Labute approximate surface area is 212 Å². The van der Waals surface area contributed by atoms with E-state index in [1.165, 1.54) is 22.0 Å². The minimum atomic E-state index is -3.90. The maximum atomic E-state index is 13.7. The zero-order valence-electron chi connectivity index (χ0n) is 20.3. The minimum Gasteiger partial charge on any atom is -0.486 e. The Hall–Kier alpha value is -2.96. The van der Waals surface area contributed by atoms with Gasteiger partial charge in [0.05, 0.1) is 11.7 Å². The van der Waals surface area contributed by atoms with Crippen molar-refractivity contribution in [2.24, 2.45) is 11.8 Å². The fraction of sp³-hybridized carbons (Fsp3) is 0.458. The minimum absolute atomic E-state index is 0.00268. The van der Waals surface area contributed by atoms with Gasteiger partial charge in [0.25, 0.3) is 5.56 Å². The smallest absolute Gasteiger partial charge is 0.263 e. The first-order valence-corrected chi connectivity index (χ1v) is 14.1. The number of thiophene rings is 1. The molecule has 2 aliphatic heterocycles. The molecule has 2 atom stereocenters. The van der Waals surface area contributed by atoms with Gasteiger partial charge >= 0.3 is 0 Å². The van der Waals surface area contributed by atoms with Crippen LogP contribution in [0.1, 0.15) is 25.1 Å². The van der Waals surface area contributed by atoms with Gasteiger partial charge in [-0.1, -0.05) is 13.8 Å². The molecule has 192 valence electrons. The van der Waals surface area contributed by atoms with E-state index < -0.39 is 21.5 Å². The first-order valence-electron chi connectivity index (χ1n) is 11.8. The number of ether oxygens (including phenoxy) is 2. The number of aromatic nitrogens is 2. The van der Waals surface area contributed by atoms with Crippen LogP contribution in [0.25, 0.3) is 10.2 Å². The molecule has 10 nitrogen and oxygen atoms in total. The summed E-state index contributed by atoms with van der Waals surface area (Å²) < 4.78 is 41.0. The van der Waals surface area contributed by atoms with Gasteiger partial charge in [-0.15, -0.1) is 11.3 Å². The highest BCUT2D eigenvalue weighted by Gasteiger charge is 2.35. The molecule has 3 aromatic rings. The van der Waals surface area contributed by atoms with Crippen LogP contribution in [-0.2, 0) is 21.4 Å². The van der Waals surface area contributed by atoms with E-state index in [2.05, 4.69) is 10.3 Å². The van der Waals surface area contributed by atoms with Crippen LogP contribution in [0.15, 0.2) is 34.2 Å². The van der Waals surface area contributed by atoms with E-state index in [9.17, 15) is 18.0 Å². The highest BCUT2D eigenvalue weighted by molar-refractivity contribution is 7.89. The molecule has 0 unspecified atom stereocenters. The Kier molecular flexibility index (Phi) is 6.52. The highest BCUT2D eigenvalue weighted by atomic mass is 32.2. The number of aryl methyl sites for hydroxylation is 1. The molecule has 4 heterocycles. The Balaban J connectivity index is 1.44. The van der Waals surface area contributed by atoms with Gasteiger partial charge in [-0.25, -0.2) is 13.4 Å². The van der Waals surface area contributed by atoms with E-state index in [1.54, 1.807) is 25.1 Å². The van der Waals surface area contributed by atoms with Gasteiger partial charge in [-0.3, -0.25) is 14.2 Å². The predicted octanol–water partition coefficient (Wildman–Crippen LogP) is 2.84. The number of rotatable bonds is 5. The molecule has 1 fully saturated rings. The highest BCUT2D eigenvalue weighted by Crippen LogP contribution is 2.35. The van der Waals surface area contributed by atoms with Gasteiger partial charge in [-0.05, 0) is 37.3 Å². The molecule has 2 aliphatic rings. The van der Waals surface area contributed by atoms with Crippen LogP contribution in [0.2, 0.25) is 0 Å². The van der Waals surface area contributed by atoms with Crippen molar-refractivity contribution < 1.29 is 22.7 Å². The van der Waals surface area contributed by atoms with Gasteiger partial charge in [0.2, 0.25) is 15.9 Å². The van der Waals surface area contributed by atoms with Crippen LogP contribution in [0.5, 0.6) is 11.5 Å². The Morgan fingerprint density at radius 1 is 1.17 bits per heavy atom. The second-order valence-electron chi connectivity index (χ2n) is 9.52. The summed E-state index contributed by atoms with van der Waals surface area (Å²) in [5.41, 5.74) is -0.0623. The predicted molar refractivity (Wildman–Crippen MR) is 136 cm³/mol. The summed E-state index contributed by atoms with van der Waals surface area (Å²) in [6.45, 7) is 7.15. The van der Waals surface area contributed by atoms with E-state index >= 15 is 0 Å². The topological polar surface area (TPSA) is 120 Å². The quantitative estimate of drug-likeness (QED) is 0.537. The molecule has 5 rings (SSSR count).